The number of amidine groups is 1. The molecule has 4 heteroatoms. The largest absolute Gasteiger partial charge is 0.388 e. The fourth-order valence-electron chi connectivity index (χ4n) is 1.13. The van der Waals surface area contributed by atoms with Crippen LogP contribution < -0.4 is 5.73 Å². The summed E-state index contributed by atoms with van der Waals surface area (Å²) in [7, 11) is 0. The quantitative estimate of drug-likeness (QED) is 0.515. The molecule has 1 aromatic rings. The summed E-state index contributed by atoms with van der Waals surface area (Å²) in [5, 5.41) is 11.3. The number of nitrogens with two attached hydrogens (primary N) is 1. The highest BCUT2D eigenvalue weighted by molar-refractivity contribution is 5.76. The van der Waals surface area contributed by atoms with E-state index in [9.17, 15) is 0 Å². The highest BCUT2D eigenvalue weighted by Crippen LogP contribution is 2.01. The molecular weight excluding hydrogens is 152 g/mol. The molecule has 0 aliphatic carbocycles. The molecule has 1 heterocycles. The van der Waals surface area contributed by atoms with Crippen molar-refractivity contribution in [3.63, 3.8) is 0 Å². The van der Waals surface area contributed by atoms with E-state index in [1.165, 1.54) is 0 Å². The molecule has 1 aromatic heterocycles. The van der Waals surface area contributed by atoms with E-state index in [0.717, 1.165) is 11.4 Å². The van der Waals surface area contributed by atoms with Crippen LogP contribution in [0.25, 0.3) is 0 Å². The van der Waals surface area contributed by atoms with Gasteiger partial charge in [0.15, 0.2) is 0 Å². The van der Waals surface area contributed by atoms with Crippen molar-refractivity contribution in [2.45, 2.75) is 26.8 Å². The van der Waals surface area contributed by atoms with Gasteiger partial charge in [0, 0.05) is 18.7 Å². The van der Waals surface area contributed by atoms with Gasteiger partial charge in [0.05, 0.1) is 11.5 Å². The summed E-state index contributed by atoms with van der Waals surface area (Å²) >= 11 is 0. The standard InChI is InChI=1S/C8H14N4/c1-6-5-7(2)12(11-6)4-3-8(9)10/h5H,3-4H2,1-2H3,(H3,9,10). The molecule has 0 saturated carbocycles. The first kappa shape index (κ1) is 8.77. The van der Waals surface area contributed by atoms with Crippen LogP contribution in [0.2, 0.25) is 0 Å². The third-order valence-electron chi connectivity index (χ3n) is 1.70. The summed E-state index contributed by atoms with van der Waals surface area (Å²) in [5.41, 5.74) is 7.37. The number of rotatable bonds is 3. The van der Waals surface area contributed by atoms with Crippen molar-refractivity contribution in [3.8, 4) is 0 Å². The number of aryl methyl sites for hydroxylation is 3. The summed E-state index contributed by atoms with van der Waals surface area (Å²) < 4.78 is 1.87. The Kier molecular flexibility index (Phi) is 2.47. The highest BCUT2D eigenvalue weighted by Gasteiger charge is 2.00. The Labute approximate surface area is 71.9 Å². The summed E-state index contributed by atoms with van der Waals surface area (Å²) in [4.78, 5) is 0. The lowest BCUT2D eigenvalue weighted by atomic mass is 10.4. The lowest BCUT2D eigenvalue weighted by Crippen LogP contribution is -2.14. The number of aromatic nitrogens is 2. The third kappa shape index (κ3) is 2.08. The van der Waals surface area contributed by atoms with E-state index in [-0.39, 0.29) is 5.84 Å². The molecule has 0 aliphatic heterocycles. The van der Waals surface area contributed by atoms with Gasteiger partial charge in [-0.3, -0.25) is 10.1 Å². The molecule has 3 N–H and O–H groups in total. The smallest absolute Gasteiger partial charge is 0.0923 e. The molecular formula is C8H14N4. The van der Waals surface area contributed by atoms with Crippen molar-refractivity contribution in [2.75, 3.05) is 0 Å². The van der Waals surface area contributed by atoms with Crippen LogP contribution in [0.5, 0.6) is 0 Å². The van der Waals surface area contributed by atoms with Gasteiger partial charge in [-0.2, -0.15) is 5.10 Å². The molecule has 0 atom stereocenters. The minimum absolute atomic E-state index is 0.211. The van der Waals surface area contributed by atoms with Crippen LogP contribution in [0.3, 0.4) is 0 Å². The van der Waals surface area contributed by atoms with Crippen LogP contribution >= 0.6 is 0 Å². The van der Waals surface area contributed by atoms with Gasteiger partial charge in [0.1, 0.15) is 0 Å². The Morgan fingerprint density at radius 1 is 1.67 bits per heavy atom. The molecule has 66 valence electrons. The second kappa shape index (κ2) is 3.38. The maximum Gasteiger partial charge on any atom is 0.0923 e. The van der Waals surface area contributed by atoms with Crippen LogP contribution in [0.1, 0.15) is 17.8 Å². The zero-order valence-corrected chi connectivity index (χ0v) is 7.46. The van der Waals surface area contributed by atoms with Gasteiger partial charge < -0.3 is 5.73 Å². The Hall–Kier alpha value is -1.32. The van der Waals surface area contributed by atoms with E-state index < -0.39 is 0 Å². The molecule has 12 heavy (non-hydrogen) atoms. The predicted octanol–water partition coefficient (Wildman–Crippen LogP) is 0.826. The molecule has 0 amide bonds. The Morgan fingerprint density at radius 3 is 2.75 bits per heavy atom. The first-order chi connectivity index (χ1) is 5.59. The van der Waals surface area contributed by atoms with Crippen molar-refractivity contribution < 1.29 is 0 Å². The van der Waals surface area contributed by atoms with Gasteiger partial charge in [-0.25, -0.2) is 0 Å². The van der Waals surface area contributed by atoms with E-state index in [0.29, 0.717) is 13.0 Å². The molecule has 4 nitrogen and oxygen atoms in total. The first-order valence-corrected chi connectivity index (χ1v) is 3.93. The van der Waals surface area contributed by atoms with Crippen molar-refractivity contribution in [1.29, 1.82) is 5.41 Å². The van der Waals surface area contributed by atoms with Crippen LogP contribution in [-0.4, -0.2) is 15.6 Å². The van der Waals surface area contributed by atoms with Crippen LogP contribution in [0, 0.1) is 19.3 Å². The average molecular weight is 166 g/mol. The fourth-order valence-corrected chi connectivity index (χ4v) is 1.13. The van der Waals surface area contributed by atoms with Gasteiger partial charge in [-0.05, 0) is 19.9 Å². The van der Waals surface area contributed by atoms with Crippen LogP contribution in [-0.2, 0) is 6.54 Å². The Balaban J connectivity index is 2.62. The molecule has 0 radical (unpaired) electrons. The summed E-state index contributed by atoms with van der Waals surface area (Å²) in [6.07, 6.45) is 0.571. The Morgan fingerprint density at radius 2 is 2.33 bits per heavy atom. The van der Waals surface area contributed by atoms with Gasteiger partial charge in [-0.15, -0.1) is 0 Å². The fraction of sp³-hybridized carbons (Fsp3) is 0.500. The maximum atomic E-state index is 7.06. The second-order valence-electron chi connectivity index (χ2n) is 2.93. The minimum Gasteiger partial charge on any atom is -0.388 e. The number of nitrogens with zero attached hydrogens (tertiary/aromatic N) is 2. The average Bonchev–Trinajstić information content (AvgIpc) is 2.26. The predicted molar refractivity (Wildman–Crippen MR) is 48.2 cm³/mol. The van der Waals surface area contributed by atoms with Crippen LogP contribution in [0.4, 0.5) is 0 Å². The monoisotopic (exact) mass is 166 g/mol. The zero-order valence-electron chi connectivity index (χ0n) is 7.46. The SMILES string of the molecule is Cc1cc(C)n(CCC(=N)N)n1. The number of hydrogen-bond donors (Lipinski definition) is 2. The van der Waals surface area contributed by atoms with Gasteiger partial charge >= 0.3 is 0 Å². The maximum absolute atomic E-state index is 7.06. The molecule has 0 aliphatic rings. The van der Waals surface area contributed by atoms with Crippen molar-refractivity contribution in [2.24, 2.45) is 5.73 Å². The van der Waals surface area contributed by atoms with Crippen molar-refractivity contribution in [1.82, 2.24) is 9.78 Å². The summed E-state index contributed by atoms with van der Waals surface area (Å²) in [5.74, 6) is 0.211. The number of hydrogen-bond acceptors (Lipinski definition) is 2. The van der Waals surface area contributed by atoms with Crippen LogP contribution in [0.15, 0.2) is 6.07 Å². The van der Waals surface area contributed by atoms with Gasteiger partial charge in [-0.1, -0.05) is 0 Å². The third-order valence-corrected chi connectivity index (χ3v) is 1.70. The molecule has 1 rings (SSSR count). The van der Waals surface area contributed by atoms with E-state index in [2.05, 4.69) is 5.10 Å². The summed E-state index contributed by atoms with van der Waals surface area (Å²) in [6, 6.07) is 2.01. The van der Waals surface area contributed by atoms with Gasteiger partial charge in [0.2, 0.25) is 0 Å². The molecule has 0 aromatic carbocycles. The van der Waals surface area contributed by atoms with E-state index >= 15 is 0 Å². The van der Waals surface area contributed by atoms with E-state index in [1.807, 2.05) is 24.6 Å². The summed E-state index contributed by atoms with van der Waals surface area (Å²) in [6.45, 7) is 4.66. The zero-order chi connectivity index (χ0) is 9.14. The topological polar surface area (TPSA) is 67.7 Å². The molecule has 0 spiro atoms. The Bertz CT molecular complexity index is 287. The second-order valence-corrected chi connectivity index (χ2v) is 2.93. The molecule has 0 bridgehead atoms. The van der Waals surface area contributed by atoms with E-state index in [4.69, 9.17) is 11.1 Å². The van der Waals surface area contributed by atoms with E-state index in [1.54, 1.807) is 0 Å². The lowest BCUT2D eigenvalue weighted by Gasteiger charge is -2.01. The molecule has 0 saturated heterocycles. The first-order valence-electron chi connectivity index (χ1n) is 3.93. The highest BCUT2D eigenvalue weighted by atomic mass is 15.3. The number of nitrogens with one attached hydrogen (secondary N) is 1. The molecule has 0 unspecified atom stereocenters. The normalized spacial score (nSPS) is 10.2. The van der Waals surface area contributed by atoms with Crippen molar-refractivity contribution in [3.05, 3.63) is 17.5 Å². The molecule has 0 fully saturated rings. The minimum atomic E-state index is 0.211. The van der Waals surface area contributed by atoms with Crippen molar-refractivity contribution >= 4 is 5.84 Å². The van der Waals surface area contributed by atoms with Gasteiger partial charge in [0.25, 0.3) is 0 Å². The lowest BCUT2D eigenvalue weighted by molar-refractivity contribution is 0.609.